The van der Waals surface area contributed by atoms with Gasteiger partial charge in [0.1, 0.15) is 5.82 Å². The fourth-order valence-corrected chi connectivity index (χ4v) is 2.70. The molecule has 0 spiro atoms. The molecular weight excluding hydrogens is 340 g/mol. The van der Waals surface area contributed by atoms with Crippen LogP contribution in [0.3, 0.4) is 0 Å². The maximum absolute atomic E-state index is 6.27. The van der Waals surface area contributed by atoms with Gasteiger partial charge in [-0.05, 0) is 34.5 Å². The number of hydrogen-bond donors (Lipinski definition) is 1. The van der Waals surface area contributed by atoms with Crippen molar-refractivity contribution in [2.45, 2.75) is 13.0 Å². The van der Waals surface area contributed by atoms with Gasteiger partial charge in [0.15, 0.2) is 0 Å². The van der Waals surface area contributed by atoms with E-state index in [1.54, 1.807) is 13.2 Å². The maximum Gasteiger partial charge on any atom is 0.224 e. The fraction of sp³-hybridized carbons (Fsp3) is 0.286. The second-order valence-corrected chi connectivity index (χ2v) is 5.69. The highest BCUT2D eigenvalue weighted by molar-refractivity contribution is 9.10. The van der Waals surface area contributed by atoms with E-state index in [1.165, 1.54) is 0 Å². The van der Waals surface area contributed by atoms with Gasteiger partial charge in [0, 0.05) is 25.3 Å². The smallest absolute Gasteiger partial charge is 0.224 e. The van der Waals surface area contributed by atoms with Gasteiger partial charge in [-0.1, -0.05) is 29.8 Å². The van der Waals surface area contributed by atoms with Crippen LogP contribution in [0.5, 0.6) is 0 Å². The minimum absolute atomic E-state index is 0.0969. The molecule has 0 fully saturated rings. The van der Waals surface area contributed by atoms with Crippen LogP contribution in [0.1, 0.15) is 18.5 Å². The number of aromatic nitrogens is 2. The Morgan fingerprint density at radius 1 is 1.35 bits per heavy atom. The Labute approximate surface area is 132 Å². The summed E-state index contributed by atoms with van der Waals surface area (Å²) in [5.41, 5.74) is 1.06. The summed E-state index contributed by atoms with van der Waals surface area (Å²) in [6.07, 6.45) is 1.74. The molecule has 106 valence electrons. The van der Waals surface area contributed by atoms with Gasteiger partial charge in [0.25, 0.3) is 0 Å². The summed E-state index contributed by atoms with van der Waals surface area (Å²) in [6.45, 7) is 2.09. The minimum atomic E-state index is 0.0969. The van der Waals surface area contributed by atoms with Crippen LogP contribution in [0.2, 0.25) is 5.02 Å². The Morgan fingerprint density at radius 3 is 2.70 bits per heavy atom. The molecule has 0 radical (unpaired) electrons. The van der Waals surface area contributed by atoms with E-state index in [1.807, 2.05) is 31.3 Å². The standard InChI is InChI=1S/C14H16BrClN4/c1-9(10-6-4-5-7-12(10)16)20(3)13-11(15)8-18-14(17-2)19-13/h4-9H,1-3H3,(H,17,18,19). The molecule has 0 aliphatic heterocycles. The highest BCUT2D eigenvalue weighted by Gasteiger charge is 2.18. The molecule has 1 N–H and O–H groups in total. The first-order chi connectivity index (χ1) is 9.54. The summed E-state index contributed by atoms with van der Waals surface area (Å²) in [6, 6.07) is 7.93. The Kier molecular flexibility index (Phi) is 4.83. The van der Waals surface area contributed by atoms with E-state index in [4.69, 9.17) is 11.6 Å². The van der Waals surface area contributed by atoms with Crippen molar-refractivity contribution in [3.63, 3.8) is 0 Å². The number of benzene rings is 1. The zero-order chi connectivity index (χ0) is 14.7. The van der Waals surface area contributed by atoms with E-state index < -0.39 is 0 Å². The average Bonchev–Trinajstić information content (AvgIpc) is 2.47. The first kappa shape index (κ1) is 15.1. The molecular formula is C14H16BrClN4. The van der Waals surface area contributed by atoms with Gasteiger partial charge in [-0.3, -0.25) is 0 Å². The minimum Gasteiger partial charge on any atom is -0.357 e. The molecule has 0 amide bonds. The topological polar surface area (TPSA) is 41.1 Å². The summed E-state index contributed by atoms with van der Waals surface area (Å²) in [5.74, 6) is 1.40. The highest BCUT2D eigenvalue weighted by atomic mass is 79.9. The zero-order valence-corrected chi connectivity index (χ0v) is 13.9. The first-order valence-electron chi connectivity index (χ1n) is 6.22. The monoisotopic (exact) mass is 354 g/mol. The van der Waals surface area contributed by atoms with E-state index in [9.17, 15) is 0 Å². The lowest BCUT2D eigenvalue weighted by molar-refractivity contribution is 0.726. The van der Waals surface area contributed by atoms with Crippen molar-refractivity contribution < 1.29 is 0 Å². The predicted octanol–water partition coefficient (Wildman–Crippen LogP) is 4.13. The fourth-order valence-electron chi connectivity index (χ4n) is 1.93. The molecule has 2 rings (SSSR count). The van der Waals surface area contributed by atoms with Gasteiger partial charge < -0.3 is 10.2 Å². The third-order valence-electron chi connectivity index (χ3n) is 3.22. The molecule has 20 heavy (non-hydrogen) atoms. The number of halogens is 2. The van der Waals surface area contributed by atoms with Crippen LogP contribution in [-0.2, 0) is 0 Å². The number of nitrogens with one attached hydrogen (secondary N) is 1. The Morgan fingerprint density at radius 2 is 2.05 bits per heavy atom. The normalized spacial score (nSPS) is 12.1. The van der Waals surface area contributed by atoms with E-state index in [0.29, 0.717) is 5.95 Å². The van der Waals surface area contributed by atoms with Gasteiger partial charge in [-0.15, -0.1) is 0 Å². The lowest BCUT2D eigenvalue weighted by Crippen LogP contribution is -2.23. The largest absolute Gasteiger partial charge is 0.357 e. The summed E-state index contributed by atoms with van der Waals surface area (Å²) in [7, 11) is 3.78. The lowest BCUT2D eigenvalue weighted by Gasteiger charge is -2.28. The van der Waals surface area contributed by atoms with Crippen LogP contribution in [0.15, 0.2) is 34.9 Å². The van der Waals surface area contributed by atoms with E-state index in [0.717, 1.165) is 20.9 Å². The van der Waals surface area contributed by atoms with Crippen LogP contribution in [0, 0.1) is 0 Å². The molecule has 6 heteroatoms. The number of anilines is 2. The predicted molar refractivity (Wildman–Crippen MR) is 87.5 cm³/mol. The molecule has 4 nitrogen and oxygen atoms in total. The lowest BCUT2D eigenvalue weighted by atomic mass is 10.1. The van der Waals surface area contributed by atoms with Crippen LogP contribution in [0.4, 0.5) is 11.8 Å². The van der Waals surface area contributed by atoms with Crippen molar-refractivity contribution in [2.24, 2.45) is 0 Å². The number of nitrogens with zero attached hydrogens (tertiary/aromatic N) is 3. The van der Waals surface area contributed by atoms with Gasteiger partial charge >= 0.3 is 0 Å². The van der Waals surface area contributed by atoms with Crippen LogP contribution in [-0.4, -0.2) is 24.1 Å². The Bertz CT molecular complexity index is 605. The summed E-state index contributed by atoms with van der Waals surface area (Å²) >= 11 is 9.76. The van der Waals surface area contributed by atoms with E-state index >= 15 is 0 Å². The molecule has 0 aliphatic carbocycles. The van der Waals surface area contributed by atoms with Gasteiger partial charge in [-0.25, -0.2) is 4.98 Å². The molecule has 0 bridgehead atoms. The molecule has 1 aromatic carbocycles. The molecule has 1 unspecified atom stereocenters. The van der Waals surface area contributed by atoms with Crippen molar-refractivity contribution in [1.29, 1.82) is 0 Å². The molecule has 0 aliphatic rings. The second-order valence-electron chi connectivity index (χ2n) is 4.42. The zero-order valence-electron chi connectivity index (χ0n) is 11.6. The summed E-state index contributed by atoms with van der Waals surface area (Å²) < 4.78 is 0.845. The van der Waals surface area contributed by atoms with E-state index in [2.05, 4.69) is 43.0 Å². The molecule has 1 atom stereocenters. The Hall–Kier alpha value is -1.33. The highest BCUT2D eigenvalue weighted by Crippen LogP contribution is 2.32. The summed E-state index contributed by atoms with van der Waals surface area (Å²) in [5, 5.41) is 3.70. The Balaban J connectivity index is 2.36. The number of hydrogen-bond acceptors (Lipinski definition) is 4. The molecule has 1 heterocycles. The molecule has 2 aromatic rings. The average molecular weight is 356 g/mol. The SMILES string of the molecule is CNc1ncc(Br)c(N(C)C(C)c2ccccc2Cl)n1. The van der Waals surface area contributed by atoms with Crippen molar-refractivity contribution in [1.82, 2.24) is 9.97 Å². The van der Waals surface area contributed by atoms with Crippen LogP contribution >= 0.6 is 27.5 Å². The van der Waals surface area contributed by atoms with Crippen molar-refractivity contribution in [2.75, 3.05) is 24.3 Å². The van der Waals surface area contributed by atoms with Crippen LogP contribution in [0.25, 0.3) is 0 Å². The maximum atomic E-state index is 6.27. The number of rotatable bonds is 4. The van der Waals surface area contributed by atoms with Gasteiger partial charge in [0.2, 0.25) is 5.95 Å². The van der Waals surface area contributed by atoms with E-state index in [-0.39, 0.29) is 6.04 Å². The third kappa shape index (κ3) is 3.04. The quantitative estimate of drug-likeness (QED) is 0.895. The second kappa shape index (κ2) is 6.41. The van der Waals surface area contributed by atoms with Crippen molar-refractivity contribution in [3.8, 4) is 0 Å². The van der Waals surface area contributed by atoms with Crippen LogP contribution < -0.4 is 10.2 Å². The third-order valence-corrected chi connectivity index (χ3v) is 4.12. The van der Waals surface area contributed by atoms with Gasteiger partial charge in [0.05, 0.1) is 10.5 Å². The summed E-state index contributed by atoms with van der Waals surface area (Å²) in [4.78, 5) is 10.7. The first-order valence-corrected chi connectivity index (χ1v) is 7.39. The molecule has 1 aromatic heterocycles. The molecule has 0 saturated carbocycles. The van der Waals surface area contributed by atoms with Gasteiger partial charge in [-0.2, -0.15) is 4.98 Å². The van der Waals surface area contributed by atoms with Crippen molar-refractivity contribution >= 4 is 39.3 Å². The van der Waals surface area contributed by atoms with Crippen molar-refractivity contribution in [3.05, 3.63) is 45.5 Å². The molecule has 0 saturated heterocycles.